The van der Waals surface area contributed by atoms with Gasteiger partial charge in [0, 0.05) is 19.0 Å². The number of piperidine rings is 1. The number of rotatable bonds is 8. The van der Waals surface area contributed by atoms with E-state index in [1.807, 2.05) is 30.3 Å². The molecule has 1 aliphatic heterocycles. The van der Waals surface area contributed by atoms with Crippen LogP contribution in [0.4, 0.5) is 0 Å². The van der Waals surface area contributed by atoms with Crippen molar-refractivity contribution in [2.75, 3.05) is 19.7 Å². The molecule has 1 fully saturated rings. The second-order valence-corrected chi connectivity index (χ2v) is 9.48. The van der Waals surface area contributed by atoms with Crippen molar-refractivity contribution in [2.45, 2.75) is 37.1 Å². The first-order valence-corrected chi connectivity index (χ1v) is 12.2. The molecule has 2 aromatic rings. The van der Waals surface area contributed by atoms with Gasteiger partial charge < -0.3 is 15.0 Å². The number of carbonyl (C=O) groups is 2. The summed E-state index contributed by atoms with van der Waals surface area (Å²) in [5, 5.41) is 8.13. The highest BCUT2D eigenvalue weighted by molar-refractivity contribution is 7.89. The molecule has 3 rings (SSSR count). The fourth-order valence-corrected chi connectivity index (χ4v) is 4.27. The summed E-state index contributed by atoms with van der Waals surface area (Å²) in [7, 11) is -3.80. The Morgan fingerprint density at radius 1 is 1.12 bits per heavy atom. The predicted octanol–water partition coefficient (Wildman–Crippen LogP) is 2.22. The van der Waals surface area contributed by atoms with Crippen molar-refractivity contribution in [2.24, 2.45) is 11.1 Å². The van der Waals surface area contributed by atoms with Crippen molar-refractivity contribution >= 4 is 21.8 Å². The molecule has 0 bridgehead atoms. The summed E-state index contributed by atoms with van der Waals surface area (Å²) in [6.07, 6.45) is 1.46. The SMILES string of the molecule is CC(NC(=O)C1CCN(C(=O)CCOc2ccccc2)CC1)c1cccc(S(N)(=O)=O)c1. The van der Waals surface area contributed by atoms with Crippen molar-refractivity contribution in [1.29, 1.82) is 0 Å². The fourth-order valence-electron chi connectivity index (χ4n) is 3.70. The lowest BCUT2D eigenvalue weighted by Crippen LogP contribution is -2.43. The summed E-state index contributed by atoms with van der Waals surface area (Å²) in [6.45, 7) is 3.17. The normalized spacial score (nSPS) is 15.8. The van der Waals surface area contributed by atoms with E-state index in [4.69, 9.17) is 9.88 Å². The third kappa shape index (κ3) is 6.54. The number of sulfonamides is 1. The van der Waals surface area contributed by atoms with E-state index in [-0.39, 0.29) is 28.7 Å². The Hall–Kier alpha value is -2.91. The van der Waals surface area contributed by atoms with E-state index in [9.17, 15) is 18.0 Å². The second kappa shape index (κ2) is 10.6. The maximum Gasteiger partial charge on any atom is 0.238 e. The Morgan fingerprint density at radius 3 is 2.47 bits per heavy atom. The second-order valence-electron chi connectivity index (χ2n) is 7.91. The average Bonchev–Trinajstić information content (AvgIpc) is 2.79. The Kier molecular flexibility index (Phi) is 7.87. The molecule has 172 valence electrons. The van der Waals surface area contributed by atoms with E-state index in [2.05, 4.69) is 5.32 Å². The molecule has 1 saturated heterocycles. The molecule has 0 saturated carbocycles. The fraction of sp³-hybridized carbons (Fsp3) is 0.391. The zero-order valence-corrected chi connectivity index (χ0v) is 18.9. The lowest BCUT2D eigenvalue weighted by Gasteiger charge is -2.32. The molecular weight excluding hydrogens is 430 g/mol. The van der Waals surface area contributed by atoms with E-state index >= 15 is 0 Å². The molecule has 9 heteroatoms. The van der Waals surface area contributed by atoms with Crippen LogP contribution in [0.2, 0.25) is 0 Å². The first-order valence-electron chi connectivity index (χ1n) is 10.6. The maximum atomic E-state index is 12.7. The summed E-state index contributed by atoms with van der Waals surface area (Å²) < 4.78 is 28.7. The zero-order valence-electron chi connectivity index (χ0n) is 18.1. The first-order chi connectivity index (χ1) is 15.2. The number of nitrogens with two attached hydrogens (primary N) is 1. The number of carbonyl (C=O) groups excluding carboxylic acids is 2. The van der Waals surface area contributed by atoms with Gasteiger partial charge in [-0.3, -0.25) is 9.59 Å². The number of nitrogens with zero attached hydrogens (tertiary/aromatic N) is 1. The topological polar surface area (TPSA) is 119 Å². The van der Waals surface area contributed by atoms with Gasteiger partial charge in [0.15, 0.2) is 0 Å². The Morgan fingerprint density at radius 2 is 1.81 bits per heavy atom. The molecular formula is C23H29N3O5S. The third-order valence-corrected chi connectivity index (χ3v) is 6.50. The van der Waals surface area contributed by atoms with E-state index in [1.54, 1.807) is 24.0 Å². The molecule has 1 unspecified atom stereocenters. The molecule has 1 aliphatic rings. The van der Waals surface area contributed by atoms with E-state index in [0.717, 1.165) is 5.75 Å². The van der Waals surface area contributed by atoms with Crippen molar-refractivity contribution < 1.29 is 22.7 Å². The van der Waals surface area contributed by atoms with E-state index < -0.39 is 10.0 Å². The van der Waals surface area contributed by atoms with Crippen molar-refractivity contribution in [1.82, 2.24) is 10.2 Å². The molecule has 0 radical (unpaired) electrons. The Balaban J connectivity index is 1.44. The van der Waals surface area contributed by atoms with Gasteiger partial charge in [-0.15, -0.1) is 0 Å². The Bertz CT molecular complexity index is 1030. The van der Waals surface area contributed by atoms with Crippen LogP contribution in [0.3, 0.4) is 0 Å². The van der Waals surface area contributed by atoms with Gasteiger partial charge in [-0.25, -0.2) is 13.6 Å². The van der Waals surface area contributed by atoms with Gasteiger partial charge in [0.2, 0.25) is 21.8 Å². The number of hydrogen-bond acceptors (Lipinski definition) is 5. The number of hydrogen-bond donors (Lipinski definition) is 2. The number of amides is 2. The maximum absolute atomic E-state index is 12.7. The van der Waals surface area contributed by atoms with Gasteiger partial charge in [0.1, 0.15) is 5.75 Å². The van der Waals surface area contributed by atoms with Gasteiger partial charge >= 0.3 is 0 Å². The highest BCUT2D eigenvalue weighted by Gasteiger charge is 2.28. The molecule has 0 aliphatic carbocycles. The summed E-state index contributed by atoms with van der Waals surface area (Å²) in [5.74, 6) is 0.467. The summed E-state index contributed by atoms with van der Waals surface area (Å²) in [6, 6.07) is 15.2. The highest BCUT2D eigenvalue weighted by atomic mass is 32.2. The standard InChI is InChI=1S/C23H29N3O5S/c1-17(19-6-5-9-21(16-19)32(24,29)30)25-23(28)18-10-13-26(14-11-18)22(27)12-15-31-20-7-3-2-4-8-20/h2-9,16-18H,10-15H2,1H3,(H,25,28)(H2,24,29,30). The van der Waals surface area contributed by atoms with Gasteiger partial charge in [-0.05, 0) is 49.6 Å². The minimum absolute atomic E-state index is 0.0131. The molecule has 8 nitrogen and oxygen atoms in total. The van der Waals surface area contributed by atoms with Crippen LogP contribution in [-0.4, -0.2) is 44.8 Å². The Labute approximate surface area is 188 Å². The van der Waals surface area contributed by atoms with Crippen LogP contribution in [0.25, 0.3) is 0 Å². The van der Waals surface area contributed by atoms with Crippen molar-refractivity contribution in [3.8, 4) is 5.75 Å². The number of nitrogens with one attached hydrogen (secondary N) is 1. The summed E-state index contributed by atoms with van der Waals surface area (Å²) in [5.41, 5.74) is 0.663. The third-order valence-electron chi connectivity index (χ3n) is 5.59. The van der Waals surface area contributed by atoms with Crippen molar-refractivity contribution in [3.05, 3.63) is 60.2 Å². The predicted molar refractivity (Wildman–Crippen MR) is 120 cm³/mol. The number of primary sulfonamides is 1. The molecule has 0 spiro atoms. The molecule has 32 heavy (non-hydrogen) atoms. The van der Waals surface area contributed by atoms with Gasteiger partial charge in [-0.1, -0.05) is 30.3 Å². The van der Waals surface area contributed by atoms with Crippen LogP contribution >= 0.6 is 0 Å². The van der Waals surface area contributed by atoms with Gasteiger partial charge in [0.05, 0.1) is 24.0 Å². The van der Waals surface area contributed by atoms with Gasteiger partial charge in [-0.2, -0.15) is 0 Å². The van der Waals surface area contributed by atoms with Crippen LogP contribution in [0.1, 0.15) is 37.8 Å². The van der Waals surface area contributed by atoms with Crippen LogP contribution in [-0.2, 0) is 19.6 Å². The molecule has 0 aromatic heterocycles. The molecule has 3 N–H and O–H groups in total. The summed E-state index contributed by atoms with van der Waals surface area (Å²) in [4.78, 5) is 26.9. The van der Waals surface area contributed by atoms with Crippen molar-refractivity contribution in [3.63, 3.8) is 0 Å². The summed E-state index contributed by atoms with van der Waals surface area (Å²) >= 11 is 0. The average molecular weight is 460 g/mol. The largest absolute Gasteiger partial charge is 0.493 e. The number of benzene rings is 2. The number of likely N-dealkylation sites (tertiary alicyclic amines) is 1. The van der Waals surface area contributed by atoms with Crippen LogP contribution in [0.15, 0.2) is 59.5 Å². The molecule has 2 amide bonds. The highest BCUT2D eigenvalue weighted by Crippen LogP contribution is 2.21. The van der Waals surface area contributed by atoms with Crippen LogP contribution < -0.4 is 15.2 Å². The van der Waals surface area contributed by atoms with E-state index in [1.165, 1.54) is 12.1 Å². The monoisotopic (exact) mass is 459 g/mol. The molecule has 1 heterocycles. The van der Waals surface area contributed by atoms with Gasteiger partial charge in [0.25, 0.3) is 0 Å². The van der Waals surface area contributed by atoms with Crippen LogP contribution in [0, 0.1) is 5.92 Å². The minimum atomic E-state index is -3.80. The lowest BCUT2D eigenvalue weighted by atomic mass is 9.95. The number of para-hydroxylation sites is 1. The minimum Gasteiger partial charge on any atom is -0.493 e. The molecule has 2 aromatic carbocycles. The lowest BCUT2D eigenvalue weighted by molar-refractivity contribution is -0.136. The smallest absolute Gasteiger partial charge is 0.238 e. The molecule has 1 atom stereocenters. The zero-order chi connectivity index (χ0) is 23.1. The van der Waals surface area contributed by atoms with E-state index in [0.29, 0.717) is 44.5 Å². The number of ether oxygens (including phenoxy) is 1. The van der Waals surface area contributed by atoms with Crippen LogP contribution in [0.5, 0.6) is 5.75 Å². The first kappa shape index (κ1) is 23.7. The quantitative estimate of drug-likeness (QED) is 0.627.